The molecule has 1 aromatic rings. The summed E-state index contributed by atoms with van der Waals surface area (Å²) in [6, 6.07) is 9.80. The van der Waals surface area contributed by atoms with Crippen LogP contribution in [-0.2, 0) is 4.74 Å². The third kappa shape index (κ3) is 3.38. The van der Waals surface area contributed by atoms with Gasteiger partial charge < -0.3 is 9.84 Å². The molecule has 1 saturated carbocycles. The monoisotopic (exact) mass is 233 g/mol. The van der Waals surface area contributed by atoms with Crippen LogP contribution in [0.2, 0.25) is 0 Å². The number of nitrogens with zero attached hydrogens (tertiary/aromatic N) is 1. The molecule has 3 heteroatoms. The minimum absolute atomic E-state index is 0.105. The van der Waals surface area contributed by atoms with Gasteiger partial charge in [-0.25, -0.2) is 0 Å². The summed E-state index contributed by atoms with van der Waals surface area (Å²) in [6.07, 6.45) is 4.43. The Balaban J connectivity index is 1.99. The Labute approximate surface area is 102 Å². The van der Waals surface area contributed by atoms with E-state index in [0.29, 0.717) is 0 Å². The Morgan fingerprint density at radius 1 is 1.29 bits per heavy atom. The maximum Gasteiger partial charge on any atom is 0.0625 e. The molecule has 1 aliphatic carbocycles. The molecule has 1 aromatic carbocycles. The summed E-state index contributed by atoms with van der Waals surface area (Å²) in [5.74, 6) is 0.105. The average Bonchev–Trinajstić information content (AvgIpc) is 2.39. The Morgan fingerprint density at radius 2 is 2.06 bits per heavy atom. The molecule has 3 atom stereocenters. The number of hydrogen-bond acceptors (Lipinski definition) is 3. The van der Waals surface area contributed by atoms with Crippen molar-refractivity contribution in [2.75, 3.05) is 7.11 Å². The van der Waals surface area contributed by atoms with E-state index in [1.807, 2.05) is 36.5 Å². The highest BCUT2D eigenvalue weighted by atomic mass is 16.5. The molecular formula is C14H19NO2. The van der Waals surface area contributed by atoms with E-state index < -0.39 is 0 Å². The molecule has 2 rings (SSSR count). The third-order valence-electron chi connectivity index (χ3n) is 3.32. The lowest BCUT2D eigenvalue weighted by Gasteiger charge is -2.30. The molecule has 0 heterocycles. The molecule has 0 spiro atoms. The van der Waals surface area contributed by atoms with Crippen LogP contribution in [0.15, 0.2) is 35.3 Å². The Kier molecular flexibility index (Phi) is 4.29. The lowest BCUT2D eigenvalue weighted by Crippen LogP contribution is -2.33. The summed E-state index contributed by atoms with van der Waals surface area (Å²) < 4.78 is 5.35. The molecule has 17 heavy (non-hydrogen) atoms. The van der Waals surface area contributed by atoms with Crippen LogP contribution in [0.3, 0.4) is 0 Å². The number of hydrogen-bond donors (Lipinski definition) is 1. The van der Waals surface area contributed by atoms with Gasteiger partial charge in [-0.3, -0.25) is 4.99 Å². The molecule has 0 amide bonds. The number of benzene rings is 1. The van der Waals surface area contributed by atoms with E-state index in [1.54, 1.807) is 7.11 Å². The number of methoxy groups -OCH3 is 1. The van der Waals surface area contributed by atoms with Crippen LogP contribution < -0.4 is 0 Å². The summed E-state index contributed by atoms with van der Waals surface area (Å²) in [5.41, 5.74) is 0.930. The minimum atomic E-state index is -0.283. The highest BCUT2D eigenvalue weighted by molar-refractivity contribution is 5.66. The van der Waals surface area contributed by atoms with Crippen molar-refractivity contribution in [1.82, 2.24) is 0 Å². The predicted octanol–water partition coefficient (Wildman–Crippen LogP) is 2.56. The molecule has 1 N–H and O–H groups in total. The van der Waals surface area contributed by atoms with Crippen LogP contribution in [0.4, 0.5) is 5.69 Å². The number of aliphatic imine (C=N–C) groups is 1. The van der Waals surface area contributed by atoms with E-state index in [2.05, 4.69) is 4.99 Å². The molecule has 0 aromatic heterocycles. The van der Waals surface area contributed by atoms with Gasteiger partial charge in [0.15, 0.2) is 0 Å². The van der Waals surface area contributed by atoms with Crippen LogP contribution in [0.5, 0.6) is 0 Å². The smallest absolute Gasteiger partial charge is 0.0625 e. The van der Waals surface area contributed by atoms with Crippen molar-refractivity contribution < 1.29 is 9.84 Å². The number of rotatable bonds is 3. The van der Waals surface area contributed by atoms with Gasteiger partial charge in [0, 0.05) is 19.2 Å². The van der Waals surface area contributed by atoms with Crippen molar-refractivity contribution in [1.29, 1.82) is 0 Å². The van der Waals surface area contributed by atoms with Gasteiger partial charge in [-0.05, 0) is 31.4 Å². The van der Waals surface area contributed by atoms with Gasteiger partial charge in [-0.2, -0.15) is 0 Å². The van der Waals surface area contributed by atoms with Crippen LogP contribution in [0.1, 0.15) is 19.3 Å². The summed E-state index contributed by atoms with van der Waals surface area (Å²) in [6.45, 7) is 0. The highest BCUT2D eigenvalue weighted by Crippen LogP contribution is 2.26. The van der Waals surface area contributed by atoms with Crippen LogP contribution in [0.25, 0.3) is 0 Å². The Hall–Kier alpha value is -1.19. The largest absolute Gasteiger partial charge is 0.392 e. The van der Waals surface area contributed by atoms with E-state index in [1.165, 1.54) is 0 Å². The molecule has 1 fully saturated rings. The lowest BCUT2D eigenvalue weighted by molar-refractivity contribution is 0.00748. The van der Waals surface area contributed by atoms with Gasteiger partial charge in [0.25, 0.3) is 0 Å². The highest BCUT2D eigenvalue weighted by Gasteiger charge is 2.27. The second-order valence-corrected chi connectivity index (χ2v) is 4.52. The minimum Gasteiger partial charge on any atom is -0.392 e. The second kappa shape index (κ2) is 5.94. The fourth-order valence-corrected chi connectivity index (χ4v) is 2.22. The van der Waals surface area contributed by atoms with Gasteiger partial charge in [0.05, 0.1) is 17.9 Å². The first kappa shape index (κ1) is 12.3. The van der Waals surface area contributed by atoms with Gasteiger partial charge >= 0.3 is 0 Å². The molecule has 92 valence electrons. The van der Waals surface area contributed by atoms with Crippen LogP contribution in [-0.4, -0.2) is 30.6 Å². The lowest BCUT2D eigenvalue weighted by atomic mass is 9.85. The zero-order chi connectivity index (χ0) is 12.1. The van der Waals surface area contributed by atoms with E-state index in [-0.39, 0.29) is 18.1 Å². The van der Waals surface area contributed by atoms with E-state index in [0.717, 1.165) is 24.9 Å². The zero-order valence-corrected chi connectivity index (χ0v) is 10.1. The van der Waals surface area contributed by atoms with Crippen molar-refractivity contribution in [3.8, 4) is 0 Å². The fourth-order valence-electron chi connectivity index (χ4n) is 2.22. The summed E-state index contributed by atoms with van der Waals surface area (Å²) in [5, 5.41) is 9.91. The first-order valence-electron chi connectivity index (χ1n) is 6.09. The average molecular weight is 233 g/mol. The molecule has 0 radical (unpaired) electrons. The maximum atomic E-state index is 9.91. The quantitative estimate of drug-likeness (QED) is 0.815. The second-order valence-electron chi connectivity index (χ2n) is 4.52. The van der Waals surface area contributed by atoms with Gasteiger partial charge in [0.2, 0.25) is 0 Å². The first-order chi connectivity index (χ1) is 8.29. The third-order valence-corrected chi connectivity index (χ3v) is 3.32. The predicted molar refractivity (Wildman–Crippen MR) is 68.7 cm³/mol. The van der Waals surface area contributed by atoms with E-state index >= 15 is 0 Å². The van der Waals surface area contributed by atoms with E-state index in [4.69, 9.17) is 4.74 Å². The SMILES string of the molecule is CO[C@@H]1CC[C@H](O)[C@H](C=Nc2ccccc2)C1. The molecule has 0 bridgehead atoms. The zero-order valence-electron chi connectivity index (χ0n) is 10.1. The molecule has 1 aliphatic rings. The van der Waals surface area contributed by atoms with Gasteiger partial charge in [-0.15, -0.1) is 0 Å². The van der Waals surface area contributed by atoms with E-state index in [9.17, 15) is 5.11 Å². The number of ether oxygens (including phenoxy) is 1. The fraction of sp³-hybridized carbons (Fsp3) is 0.500. The van der Waals surface area contributed by atoms with Crippen molar-refractivity contribution in [2.45, 2.75) is 31.5 Å². The summed E-state index contributed by atoms with van der Waals surface area (Å²) in [7, 11) is 1.73. The molecule has 3 nitrogen and oxygen atoms in total. The normalized spacial score (nSPS) is 29.6. The van der Waals surface area contributed by atoms with Gasteiger partial charge in [-0.1, -0.05) is 18.2 Å². The number of aliphatic hydroxyl groups is 1. The number of para-hydroxylation sites is 1. The van der Waals surface area contributed by atoms with Crippen molar-refractivity contribution in [3.05, 3.63) is 30.3 Å². The maximum absolute atomic E-state index is 9.91. The Morgan fingerprint density at radius 3 is 2.76 bits per heavy atom. The molecular weight excluding hydrogens is 214 g/mol. The van der Waals surface area contributed by atoms with Crippen molar-refractivity contribution in [3.63, 3.8) is 0 Å². The molecule has 0 unspecified atom stereocenters. The van der Waals surface area contributed by atoms with Crippen LogP contribution in [0, 0.1) is 5.92 Å². The van der Waals surface area contributed by atoms with Crippen LogP contribution >= 0.6 is 0 Å². The van der Waals surface area contributed by atoms with Crippen molar-refractivity contribution in [2.24, 2.45) is 10.9 Å². The standard InChI is InChI=1S/C14H19NO2/c1-17-13-7-8-14(16)11(9-13)10-15-12-5-3-2-4-6-12/h2-6,10-11,13-14,16H,7-9H2,1H3/t11-,13+,14-/m0/s1. The topological polar surface area (TPSA) is 41.8 Å². The summed E-state index contributed by atoms with van der Waals surface area (Å²) >= 11 is 0. The summed E-state index contributed by atoms with van der Waals surface area (Å²) in [4.78, 5) is 4.41. The molecule has 0 aliphatic heterocycles. The van der Waals surface area contributed by atoms with Crippen molar-refractivity contribution >= 4 is 11.9 Å². The Bertz CT molecular complexity index is 364. The van der Waals surface area contributed by atoms with Gasteiger partial charge in [0.1, 0.15) is 0 Å². The number of aliphatic hydroxyl groups excluding tert-OH is 1. The first-order valence-corrected chi connectivity index (χ1v) is 6.09. The molecule has 0 saturated heterocycles.